The van der Waals surface area contributed by atoms with Gasteiger partial charge in [0.15, 0.2) is 0 Å². The average Bonchev–Trinajstić information content (AvgIpc) is 3.12. The molecule has 2 atom stereocenters. The lowest BCUT2D eigenvalue weighted by atomic mass is 10.0. The molecule has 5 heteroatoms. The van der Waals surface area contributed by atoms with Gasteiger partial charge in [0.25, 0.3) is 0 Å². The molecular weight excluding hydrogens is 307 g/mol. The predicted octanol–water partition coefficient (Wildman–Crippen LogP) is 3.66. The van der Waals surface area contributed by atoms with Crippen LogP contribution in [0.15, 0.2) is 18.2 Å². The van der Waals surface area contributed by atoms with E-state index in [1.54, 1.807) is 0 Å². The molecule has 1 amide bonds. The fourth-order valence-electron chi connectivity index (χ4n) is 3.38. The third-order valence-corrected chi connectivity index (χ3v) is 5.27. The summed E-state index contributed by atoms with van der Waals surface area (Å²) in [5.41, 5.74) is 1.10. The van der Waals surface area contributed by atoms with Crippen molar-refractivity contribution in [3.63, 3.8) is 0 Å². The van der Waals surface area contributed by atoms with Gasteiger partial charge in [0, 0.05) is 13.0 Å². The van der Waals surface area contributed by atoms with Gasteiger partial charge >= 0.3 is 0 Å². The highest BCUT2D eigenvalue weighted by molar-refractivity contribution is 6.42. The summed E-state index contributed by atoms with van der Waals surface area (Å²) in [6.07, 6.45) is 3.83. The number of nitrogens with one attached hydrogen (secondary N) is 1. The van der Waals surface area contributed by atoms with Crippen molar-refractivity contribution in [2.45, 2.75) is 31.7 Å². The molecule has 2 aliphatic rings. The first-order valence-corrected chi connectivity index (χ1v) is 8.36. The van der Waals surface area contributed by atoms with E-state index in [0.29, 0.717) is 22.4 Å². The van der Waals surface area contributed by atoms with Gasteiger partial charge in [-0.3, -0.25) is 4.79 Å². The Morgan fingerprint density at radius 2 is 2.14 bits per heavy atom. The summed E-state index contributed by atoms with van der Waals surface area (Å²) in [5.74, 6) is 0.768. The molecular formula is C16H20Cl2N2O. The maximum Gasteiger partial charge on any atom is 0.223 e. The molecule has 2 aliphatic heterocycles. The zero-order valence-electron chi connectivity index (χ0n) is 11.9. The Kier molecular flexibility index (Phi) is 4.72. The fraction of sp³-hybridized carbons (Fsp3) is 0.562. The van der Waals surface area contributed by atoms with Gasteiger partial charge in [0.2, 0.25) is 5.91 Å². The second-order valence-electron chi connectivity index (χ2n) is 5.98. The smallest absolute Gasteiger partial charge is 0.223 e. The third kappa shape index (κ3) is 3.36. The molecule has 114 valence electrons. The Labute approximate surface area is 135 Å². The second-order valence-corrected chi connectivity index (χ2v) is 6.80. The van der Waals surface area contributed by atoms with Crippen LogP contribution in [-0.4, -0.2) is 30.4 Å². The molecule has 3 nitrogen and oxygen atoms in total. The Bertz CT molecular complexity index is 529. The molecule has 1 aromatic rings. The topological polar surface area (TPSA) is 32.3 Å². The molecule has 0 aromatic heterocycles. The van der Waals surface area contributed by atoms with Crippen molar-refractivity contribution in [1.29, 1.82) is 0 Å². The van der Waals surface area contributed by atoms with Gasteiger partial charge in [0.05, 0.1) is 16.1 Å². The van der Waals surface area contributed by atoms with Crippen LogP contribution >= 0.6 is 23.2 Å². The minimum atomic E-state index is 0.154. The van der Waals surface area contributed by atoms with Gasteiger partial charge in [-0.15, -0.1) is 0 Å². The molecule has 2 heterocycles. The van der Waals surface area contributed by atoms with Crippen molar-refractivity contribution in [2.24, 2.45) is 5.92 Å². The minimum Gasteiger partial charge on any atom is -0.336 e. The molecule has 1 N–H and O–H groups in total. The fourth-order valence-corrected chi connectivity index (χ4v) is 3.69. The maximum atomic E-state index is 12.6. The van der Waals surface area contributed by atoms with E-state index in [4.69, 9.17) is 23.2 Å². The van der Waals surface area contributed by atoms with E-state index in [9.17, 15) is 4.79 Å². The van der Waals surface area contributed by atoms with Gasteiger partial charge in [-0.05, 0) is 56.0 Å². The summed E-state index contributed by atoms with van der Waals surface area (Å²) >= 11 is 12.1. The van der Waals surface area contributed by atoms with Crippen molar-refractivity contribution in [3.05, 3.63) is 33.8 Å². The van der Waals surface area contributed by atoms with Gasteiger partial charge in [0.1, 0.15) is 0 Å². The van der Waals surface area contributed by atoms with Gasteiger partial charge in [-0.2, -0.15) is 0 Å². The SMILES string of the molecule is O=C(CC1CCNC1)N1CCCC1c1ccc(Cl)c(Cl)c1. The average molecular weight is 327 g/mol. The summed E-state index contributed by atoms with van der Waals surface area (Å²) in [4.78, 5) is 14.6. The lowest BCUT2D eigenvalue weighted by Gasteiger charge is -2.26. The first kappa shape index (κ1) is 15.1. The summed E-state index contributed by atoms with van der Waals surface area (Å²) in [6.45, 7) is 2.86. The number of carbonyl (C=O) groups is 1. The molecule has 0 bridgehead atoms. The van der Waals surface area contributed by atoms with E-state index >= 15 is 0 Å². The third-order valence-electron chi connectivity index (χ3n) is 4.53. The summed E-state index contributed by atoms with van der Waals surface area (Å²) in [7, 11) is 0. The number of amides is 1. The van der Waals surface area contributed by atoms with Crippen LogP contribution < -0.4 is 5.32 Å². The van der Waals surface area contributed by atoms with Crippen LogP contribution in [0, 0.1) is 5.92 Å². The molecule has 2 fully saturated rings. The first-order valence-electron chi connectivity index (χ1n) is 7.60. The lowest BCUT2D eigenvalue weighted by Crippen LogP contribution is -2.32. The van der Waals surface area contributed by atoms with E-state index in [0.717, 1.165) is 44.5 Å². The molecule has 0 spiro atoms. The van der Waals surface area contributed by atoms with E-state index < -0.39 is 0 Å². The normalized spacial score (nSPS) is 25.5. The predicted molar refractivity (Wildman–Crippen MR) is 85.7 cm³/mol. The van der Waals surface area contributed by atoms with Crippen molar-refractivity contribution >= 4 is 29.1 Å². The number of hydrogen-bond donors (Lipinski definition) is 1. The van der Waals surface area contributed by atoms with Crippen LogP contribution in [0.4, 0.5) is 0 Å². The Morgan fingerprint density at radius 3 is 2.86 bits per heavy atom. The summed E-state index contributed by atoms with van der Waals surface area (Å²) < 4.78 is 0. The van der Waals surface area contributed by atoms with Gasteiger partial charge in [-0.25, -0.2) is 0 Å². The molecule has 1 aromatic carbocycles. The van der Waals surface area contributed by atoms with Crippen LogP contribution in [0.5, 0.6) is 0 Å². The zero-order valence-corrected chi connectivity index (χ0v) is 13.5. The maximum absolute atomic E-state index is 12.6. The summed E-state index contributed by atoms with van der Waals surface area (Å²) in [6, 6.07) is 5.86. The van der Waals surface area contributed by atoms with Crippen molar-refractivity contribution < 1.29 is 4.79 Å². The van der Waals surface area contributed by atoms with Crippen molar-refractivity contribution in [2.75, 3.05) is 19.6 Å². The number of likely N-dealkylation sites (tertiary alicyclic amines) is 1. The number of nitrogens with zero attached hydrogens (tertiary/aromatic N) is 1. The van der Waals surface area contributed by atoms with Crippen LogP contribution in [0.3, 0.4) is 0 Å². The molecule has 0 saturated carbocycles. The molecule has 3 rings (SSSR count). The van der Waals surface area contributed by atoms with Crippen LogP contribution in [-0.2, 0) is 4.79 Å². The molecule has 2 unspecified atom stereocenters. The highest BCUT2D eigenvalue weighted by Crippen LogP contribution is 2.35. The van der Waals surface area contributed by atoms with E-state index in [1.165, 1.54) is 0 Å². The van der Waals surface area contributed by atoms with Crippen LogP contribution in [0.25, 0.3) is 0 Å². The van der Waals surface area contributed by atoms with Crippen molar-refractivity contribution in [1.82, 2.24) is 10.2 Å². The molecule has 0 aliphatic carbocycles. The number of hydrogen-bond acceptors (Lipinski definition) is 2. The quantitative estimate of drug-likeness (QED) is 0.919. The highest BCUT2D eigenvalue weighted by atomic mass is 35.5. The van der Waals surface area contributed by atoms with Crippen LogP contribution in [0.2, 0.25) is 10.0 Å². The number of benzene rings is 1. The van der Waals surface area contributed by atoms with Crippen LogP contribution in [0.1, 0.15) is 37.3 Å². The van der Waals surface area contributed by atoms with Gasteiger partial charge in [-0.1, -0.05) is 29.3 Å². The first-order chi connectivity index (χ1) is 10.1. The Morgan fingerprint density at radius 1 is 1.29 bits per heavy atom. The van der Waals surface area contributed by atoms with Gasteiger partial charge < -0.3 is 10.2 Å². The Balaban J connectivity index is 1.72. The lowest BCUT2D eigenvalue weighted by molar-refractivity contribution is -0.133. The molecule has 0 radical (unpaired) electrons. The zero-order chi connectivity index (χ0) is 14.8. The number of carbonyl (C=O) groups excluding carboxylic acids is 1. The van der Waals surface area contributed by atoms with E-state index in [2.05, 4.69) is 5.32 Å². The second kappa shape index (κ2) is 6.55. The number of halogens is 2. The molecule has 21 heavy (non-hydrogen) atoms. The Hall–Kier alpha value is -0.770. The molecule has 2 saturated heterocycles. The summed E-state index contributed by atoms with van der Waals surface area (Å²) in [5, 5.41) is 4.45. The van der Waals surface area contributed by atoms with E-state index in [1.807, 2.05) is 23.1 Å². The van der Waals surface area contributed by atoms with E-state index in [-0.39, 0.29) is 11.9 Å². The standard InChI is InChI=1S/C16H20Cl2N2O/c17-13-4-3-12(9-14(13)18)15-2-1-7-20(15)16(21)8-11-5-6-19-10-11/h3-4,9,11,15,19H,1-2,5-8,10H2. The monoisotopic (exact) mass is 326 g/mol. The number of rotatable bonds is 3. The van der Waals surface area contributed by atoms with Crippen molar-refractivity contribution in [3.8, 4) is 0 Å². The minimum absolute atomic E-state index is 0.154. The highest BCUT2D eigenvalue weighted by Gasteiger charge is 2.31. The largest absolute Gasteiger partial charge is 0.336 e.